The first-order chi connectivity index (χ1) is 11.8. The van der Waals surface area contributed by atoms with Crippen LogP contribution in [0.25, 0.3) is 0 Å². The zero-order valence-electron chi connectivity index (χ0n) is 13.0. The molecule has 1 aliphatic heterocycles. The second-order valence-electron chi connectivity index (χ2n) is 5.86. The van der Waals surface area contributed by atoms with Crippen LogP contribution in [0.1, 0.15) is 34.9 Å². The van der Waals surface area contributed by atoms with Gasteiger partial charge in [-0.3, -0.25) is 9.69 Å². The summed E-state index contributed by atoms with van der Waals surface area (Å²) in [5, 5.41) is 9.47. The Labute approximate surface area is 151 Å². The van der Waals surface area contributed by atoms with Crippen LogP contribution >= 0.6 is 22.9 Å². The molecule has 1 aromatic heterocycles. The predicted molar refractivity (Wildman–Crippen MR) is 90.0 cm³/mol. The number of benzene rings is 1. The summed E-state index contributed by atoms with van der Waals surface area (Å²) in [5.41, 5.74) is -0.692. The molecule has 0 bridgehead atoms. The molecule has 0 radical (unpaired) electrons. The molecule has 2 heterocycles. The summed E-state index contributed by atoms with van der Waals surface area (Å²) in [5.74, 6) is -1.02. The third-order valence-electron chi connectivity index (χ3n) is 4.34. The molecular formula is C17H15ClF3NO2S. The van der Waals surface area contributed by atoms with E-state index in [0.29, 0.717) is 28.6 Å². The molecule has 8 heteroatoms. The van der Waals surface area contributed by atoms with Gasteiger partial charge in [-0.25, -0.2) is 0 Å². The summed E-state index contributed by atoms with van der Waals surface area (Å²) < 4.78 is 41.0. The predicted octanol–water partition coefficient (Wildman–Crippen LogP) is 5.06. The number of rotatable bonds is 4. The topological polar surface area (TPSA) is 40.5 Å². The number of carbonyl (C=O) groups is 1. The van der Waals surface area contributed by atoms with Gasteiger partial charge in [-0.1, -0.05) is 29.8 Å². The number of alkyl halides is 3. The molecule has 0 amide bonds. The number of halogens is 4. The van der Waals surface area contributed by atoms with E-state index >= 15 is 0 Å². The molecule has 1 aliphatic rings. The lowest BCUT2D eigenvalue weighted by Crippen LogP contribution is -2.39. The number of carboxylic acid groups (broad SMARTS) is 1. The number of thiophene rings is 1. The van der Waals surface area contributed by atoms with Gasteiger partial charge in [0, 0.05) is 11.4 Å². The van der Waals surface area contributed by atoms with Crippen LogP contribution in [0.15, 0.2) is 36.4 Å². The number of likely N-dealkylation sites (tertiary alicyclic amines) is 1. The van der Waals surface area contributed by atoms with Crippen LogP contribution in [-0.2, 0) is 11.0 Å². The zero-order valence-corrected chi connectivity index (χ0v) is 14.5. The van der Waals surface area contributed by atoms with Crippen LogP contribution < -0.4 is 0 Å². The van der Waals surface area contributed by atoms with Crippen molar-refractivity contribution >= 4 is 28.9 Å². The van der Waals surface area contributed by atoms with Gasteiger partial charge < -0.3 is 5.11 Å². The lowest BCUT2D eigenvalue weighted by Gasteiger charge is -2.32. The summed E-state index contributed by atoms with van der Waals surface area (Å²) in [4.78, 5) is 13.8. The van der Waals surface area contributed by atoms with Gasteiger partial charge in [0.2, 0.25) is 0 Å². The van der Waals surface area contributed by atoms with Gasteiger partial charge in [0.05, 0.1) is 15.9 Å². The minimum absolute atomic E-state index is 0.0571. The van der Waals surface area contributed by atoms with E-state index in [4.69, 9.17) is 11.6 Å². The fourth-order valence-electron chi connectivity index (χ4n) is 3.33. The van der Waals surface area contributed by atoms with Crippen molar-refractivity contribution in [1.82, 2.24) is 4.90 Å². The zero-order chi connectivity index (χ0) is 18.2. The minimum Gasteiger partial charge on any atom is -0.480 e. The Morgan fingerprint density at radius 2 is 2.00 bits per heavy atom. The van der Waals surface area contributed by atoms with E-state index in [1.165, 1.54) is 23.5 Å². The molecule has 0 spiro atoms. The van der Waals surface area contributed by atoms with E-state index < -0.39 is 29.8 Å². The maximum atomic E-state index is 13.5. The van der Waals surface area contributed by atoms with E-state index in [-0.39, 0.29) is 5.56 Å². The summed E-state index contributed by atoms with van der Waals surface area (Å²) in [6.45, 7) is 0.420. The smallest absolute Gasteiger partial charge is 0.416 e. The summed E-state index contributed by atoms with van der Waals surface area (Å²) >= 11 is 7.16. The molecule has 3 rings (SSSR count). The highest BCUT2D eigenvalue weighted by molar-refractivity contribution is 7.16. The first-order valence-corrected chi connectivity index (χ1v) is 8.88. The number of carboxylic acids is 1. The Hall–Kier alpha value is -1.57. The summed E-state index contributed by atoms with van der Waals surface area (Å²) in [6.07, 6.45) is -3.48. The van der Waals surface area contributed by atoms with E-state index in [1.807, 2.05) is 0 Å². The van der Waals surface area contributed by atoms with Crippen LogP contribution in [-0.4, -0.2) is 28.6 Å². The van der Waals surface area contributed by atoms with Crippen LogP contribution in [0.5, 0.6) is 0 Å². The van der Waals surface area contributed by atoms with Crippen molar-refractivity contribution < 1.29 is 23.1 Å². The van der Waals surface area contributed by atoms with Crippen molar-refractivity contribution in [2.45, 2.75) is 31.1 Å². The number of hydrogen-bond donors (Lipinski definition) is 1. The first-order valence-electron chi connectivity index (χ1n) is 7.69. The van der Waals surface area contributed by atoms with Gasteiger partial charge in [0.15, 0.2) is 0 Å². The molecule has 25 heavy (non-hydrogen) atoms. The number of aliphatic carboxylic acids is 1. The van der Waals surface area contributed by atoms with Gasteiger partial charge in [-0.2, -0.15) is 13.2 Å². The lowest BCUT2D eigenvalue weighted by molar-refractivity contribution is -0.142. The number of nitrogens with zero attached hydrogens (tertiary/aromatic N) is 1. The minimum atomic E-state index is -4.52. The highest BCUT2D eigenvalue weighted by atomic mass is 35.5. The molecular weight excluding hydrogens is 375 g/mol. The summed E-state index contributed by atoms with van der Waals surface area (Å²) in [7, 11) is 0. The third kappa shape index (κ3) is 3.68. The lowest BCUT2D eigenvalue weighted by atomic mass is 9.96. The normalized spacial score (nSPS) is 19.9. The molecule has 0 aliphatic carbocycles. The van der Waals surface area contributed by atoms with Gasteiger partial charge in [0.1, 0.15) is 6.04 Å². The van der Waals surface area contributed by atoms with Crippen LogP contribution in [0.2, 0.25) is 4.34 Å². The highest BCUT2D eigenvalue weighted by Crippen LogP contribution is 2.43. The Morgan fingerprint density at radius 1 is 1.28 bits per heavy atom. The van der Waals surface area contributed by atoms with Crippen molar-refractivity contribution in [3.63, 3.8) is 0 Å². The molecule has 1 fully saturated rings. The van der Waals surface area contributed by atoms with E-state index in [2.05, 4.69) is 0 Å². The molecule has 2 atom stereocenters. The quantitative estimate of drug-likeness (QED) is 0.794. The van der Waals surface area contributed by atoms with Crippen LogP contribution in [0, 0.1) is 0 Å². The van der Waals surface area contributed by atoms with Crippen molar-refractivity contribution in [3.05, 3.63) is 56.7 Å². The van der Waals surface area contributed by atoms with E-state index in [9.17, 15) is 23.1 Å². The fourth-order valence-corrected chi connectivity index (χ4v) is 4.53. The third-order valence-corrected chi connectivity index (χ3v) is 5.62. The van der Waals surface area contributed by atoms with Crippen molar-refractivity contribution in [3.8, 4) is 0 Å². The standard InChI is InChI=1S/C17H15ClF3NO2S/c18-14-8-7-13(25-14)15(22-9-3-6-12(22)16(23)24)10-4-1-2-5-11(10)17(19,20)21/h1-2,4-5,7-8,12,15H,3,6,9H2,(H,23,24). The molecule has 2 aromatic rings. The van der Waals surface area contributed by atoms with Gasteiger partial charge in [0.25, 0.3) is 0 Å². The van der Waals surface area contributed by atoms with Crippen LogP contribution in [0.3, 0.4) is 0 Å². The van der Waals surface area contributed by atoms with Crippen LogP contribution in [0.4, 0.5) is 13.2 Å². The van der Waals surface area contributed by atoms with Gasteiger partial charge in [-0.15, -0.1) is 11.3 Å². The maximum absolute atomic E-state index is 13.5. The molecule has 0 saturated carbocycles. The first kappa shape index (κ1) is 18.2. The number of hydrogen-bond acceptors (Lipinski definition) is 3. The Balaban J connectivity index is 2.15. The van der Waals surface area contributed by atoms with Gasteiger partial charge in [-0.05, 0) is 36.6 Å². The maximum Gasteiger partial charge on any atom is 0.416 e. The molecule has 134 valence electrons. The molecule has 2 unspecified atom stereocenters. The Kier molecular flexibility index (Phi) is 5.09. The monoisotopic (exact) mass is 389 g/mol. The second kappa shape index (κ2) is 6.97. The van der Waals surface area contributed by atoms with Crippen molar-refractivity contribution in [2.75, 3.05) is 6.54 Å². The molecule has 1 N–H and O–H groups in total. The average Bonchev–Trinajstić information content (AvgIpc) is 3.17. The molecule has 3 nitrogen and oxygen atoms in total. The second-order valence-corrected chi connectivity index (χ2v) is 7.61. The fraction of sp³-hybridized carbons (Fsp3) is 0.353. The highest BCUT2D eigenvalue weighted by Gasteiger charge is 2.42. The summed E-state index contributed by atoms with van der Waals surface area (Å²) in [6, 6.07) is 7.01. The van der Waals surface area contributed by atoms with E-state index in [1.54, 1.807) is 23.1 Å². The van der Waals surface area contributed by atoms with Crippen molar-refractivity contribution in [1.29, 1.82) is 0 Å². The Bertz CT molecular complexity index is 777. The Morgan fingerprint density at radius 3 is 2.60 bits per heavy atom. The molecule has 1 saturated heterocycles. The van der Waals surface area contributed by atoms with E-state index in [0.717, 1.165) is 6.07 Å². The van der Waals surface area contributed by atoms with Crippen molar-refractivity contribution in [2.24, 2.45) is 0 Å². The SMILES string of the molecule is O=C(O)C1CCCN1C(c1ccc(Cl)s1)c1ccccc1C(F)(F)F. The van der Waals surface area contributed by atoms with Gasteiger partial charge >= 0.3 is 12.1 Å². The molecule has 1 aromatic carbocycles. The average molecular weight is 390 g/mol. The largest absolute Gasteiger partial charge is 0.480 e.